The summed E-state index contributed by atoms with van der Waals surface area (Å²) >= 11 is 5.34. The zero-order valence-corrected chi connectivity index (χ0v) is 6.27. The zero-order chi connectivity index (χ0) is 8.43. The van der Waals surface area contributed by atoms with Crippen molar-refractivity contribution in [3.05, 3.63) is 21.1 Å². The first-order chi connectivity index (χ1) is 5.16. The Morgan fingerprint density at radius 3 is 2.73 bits per heavy atom. The van der Waals surface area contributed by atoms with E-state index in [1.807, 2.05) is 5.16 Å². The summed E-state index contributed by atoms with van der Waals surface area (Å²) in [6.45, 7) is 0. The fraction of sp³-hybridized carbons (Fsp3) is 0.200. The number of hydrogen-bond acceptors (Lipinski definition) is 4. The fourth-order valence-corrected chi connectivity index (χ4v) is 0.668. The molecule has 0 aliphatic rings. The summed E-state index contributed by atoms with van der Waals surface area (Å²) in [5.74, 6) is -1.09. The van der Waals surface area contributed by atoms with Crippen LogP contribution >= 0.6 is 11.6 Å². The third-order valence-electron chi connectivity index (χ3n) is 1.02. The number of carbonyl (C=O) groups is 1. The van der Waals surface area contributed by atoms with Crippen LogP contribution in [0.15, 0.2) is 9.32 Å². The van der Waals surface area contributed by atoms with Crippen molar-refractivity contribution < 1.29 is 14.1 Å². The van der Waals surface area contributed by atoms with Crippen LogP contribution < -0.4 is 5.56 Å². The van der Waals surface area contributed by atoms with Gasteiger partial charge < -0.3 is 9.26 Å². The van der Waals surface area contributed by atoms with E-state index in [1.165, 1.54) is 0 Å². The number of rotatable bonds is 1. The number of esters is 1. The number of ether oxygens (including phenoxy) is 1. The second-order valence-electron chi connectivity index (χ2n) is 1.67. The summed E-state index contributed by atoms with van der Waals surface area (Å²) < 4.78 is 8.66. The van der Waals surface area contributed by atoms with E-state index in [0.29, 0.717) is 0 Å². The quantitative estimate of drug-likeness (QED) is 0.631. The third-order valence-corrected chi connectivity index (χ3v) is 1.36. The normalized spacial score (nSPS) is 9.64. The lowest BCUT2D eigenvalue weighted by molar-refractivity contribution is 0.0555. The van der Waals surface area contributed by atoms with Gasteiger partial charge in [-0.3, -0.25) is 4.79 Å². The van der Waals surface area contributed by atoms with Crippen molar-refractivity contribution >= 4 is 17.6 Å². The summed E-state index contributed by atoms with van der Waals surface area (Å²) in [4.78, 5) is 21.3. The molecule has 0 aliphatic carbocycles. The molecule has 0 spiro atoms. The maximum absolute atomic E-state index is 10.7. The van der Waals surface area contributed by atoms with Crippen LogP contribution in [-0.4, -0.2) is 18.2 Å². The Morgan fingerprint density at radius 2 is 2.36 bits per heavy atom. The molecule has 1 aromatic heterocycles. The van der Waals surface area contributed by atoms with Crippen molar-refractivity contribution in [2.24, 2.45) is 0 Å². The average Bonchev–Trinajstić information content (AvgIpc) is 2.32. The van der Waals surface area contributed by atoms with Gasteiger partial charge in [0.1, 0.15) is 0 Å². The maximum Gasteiger partial charge on any atom is 0.378 e. The molecular weight excluding hydrogens is 174 g/mol. The molecule has 5 nitrogen and oxygen atoms in total. The predicted octanol–water partition coefficient (Wildman–Crippen LogP) is 0.408. The van der Waals surface area contributed by atoms with Crippen molar-refractivity contribution in [3.8, 4) is 0 Å². The molecule has 0 aliphatic heterocycles. The topological polar surface area (TPSA) is 72.3 Å². The molecule has 1 N–H and O–H groups in total. The summed E-state index contributed by atoms with van der Waals surface area (Å²) in [6.07, 6.45) is 0. The Morgan fingerprint density at radius 1 is 1.73 bits per heavy atom. The highest BCUT2D eigenvalue weighted by atomic mass is 35.5. The SMILES string of the molecule is COC(=O)c1o[nH]c(=O)c1Cl. The Bertz CT molecular complexity index is 325. The number of nitrogens with one attached hydrogen (secondary N) is 1. The van der Waals surface area contributed by atoms with Crippen molar-refractivity contribution in [1.82, 2.24) is 5.16 Å². The number of hydrogen-bond donors (Lipinski definition) is 1. The second kappa shape index (κ2) is 2.79. The van der Waals surface area contributed by atoms with E-state index >= 15 is 0 Å². The molecular formula is C5H4ClNO4. The molecule has 1 rings (SSSR count). The molecule has 11 heavy (non-hydrogen) atoms. The maximum atomic E-state index is 10.7. The molecule has 0 bridgehead atoms. The molecule has 0 saturated heterocycles. The van der Waals surface area contributed by atoms with Crippen LogP contribution in [-0.2, 0) is 4.74 Å². The minimum Gasteiger partial charge on any atom is -0.463 e. The van der Waals surface area contributed by atoms with Gasteiger partial charge in [-0.1, -0.05) is 11.6 Å². The van der Waals surface area contributed by atoms with Gasteiger partial charge in [0.25, 0.3) is 11.3 Å². The molecule has 0 saturated carbocycles. The molecule has 6 heteroatoms. The van der Waals surface area contributed by atoms with Gasteiger partial charge >= 0.3 is 5.97 Å². The van der Waals surface area contributed by atoms with Gasteiger partial charge in [-0.2, -0.15) is 5.16 Å². The van der Waals surface area contributed by atoms with Crippen LogP contribution in [0.4, 0.5) is 0 Å². The monoisotopic (exact) mass is 177 g/mol. The zero-order valence-electron chi connectivity index (χ0n) is 5.51. The van der Waals surface area contributed by atoms with Gasteiger partial charge in [-0.25, -0.2) is 4.79 Å². The van der Waals surface area contributed by atoms with Crippen molar-refractivity contribution in [2.45, 2.75) is 0 Å². The predicted molar refractivity (Wildman–Crippen MR) is 35.7 cm³/mol. The lowest BCUT2D eigenvalue weighted by Crippen LogP contribution is -2.02. The molecule has 60 valence electrons. The molecule has 1 aromatic rings. The molecule has 0 fully saturated rings. The minimum absolute atomic E-state index is 0.295. The van der Waals surface area contributed by atoms with E-state index in [1.54, 1.807) is 0 Å². The van der Waals surface area contributed by atoms with Crippen LogP contribution in [0.5, 0.6) is 0 Å². The van der Waals surface area contributed by atoms with E-state index in [9.17, 15) is 9.59 Å². The molecule has 0 amide bonds. The molecule has 0 atom stereocenters. The largest absolute Gasteiger partial charge is 0.463 e. The smallest absolute Gasteiger partial charge is 0.378 e. The van der Waals surface area contributed by atoms with Gasteiger partial charge in [-0.05, 0) is 0 Å². The van der Waals surface area contributed by atoms with Crippen LogP contribution in [0.2, 0.25) is 5.02 Å². The Kier molecular flexibility index (Phi) is 2.00. The summed E-state index contributed by atoms with van der Waals surface area (Å²) in [6, 6.07) is 0. The average molecular weight is 178 g/mol. The lowest BCUT2D eigenvalue weighted by atomic mass is 10.5. The van der Waals surface area contributed by atoms with Gasteiger partial charge in [0.05, 0.1) is 7.11 Å². The first kappa shape index (κ1) is 7.87. The second-order valence-corrected chi connectivity index (χ2v) is 2.05. The van der Waals surface area contributed by atoms with Crippen LogP contribution in [0.25, 0.3) is 0 Å². The van der Waals surface area contributed by atoms with Crippen LogP contribution in [0.1, 0.15) is 10.6 Å². The fourth-order valence-electron chi connectivity index (χ4n) is 0.514. The lowest BCUT2D eigenvalue weighted by Gasteiger charge is -1.90. The number of H-pyrrole nitrogens is 1. The highest BCUT2D eigenvalue weighted by Crippen LogP contribution is 2.09. The van der Waals surface area contributed by atoms with Gasteiger partial charge in [0.2, 0.25) is 0 Å². The van der Waals surface area contributed by atoms with E-state index in [-0.39, 0.29) is 10.8 Å². The van der Waals surface area contributed by atoms with Gasteiger partial charge in [0.15, 0.2) is 5.02 Å². The third kappa shape index (κ3) is 1.27. The first-order valence-electron chi connectivity index (χ1n) is 2.62. The number of methoxy groups -OCH3 is 1. The Hall–Kier alpha value is -1.23. The number of carbonyl (C=O) groups excluding carboxylic acids is 1. The van der Waals surface area contributed by atoms with E-state index in [2.05, 4.69) is 9.26 Å². The van der Waals surface area contributed by atoms with Crippen molar-refractivity contribution in [3.63, 3.8) is 0 Å². The summed E-state index contributed by atoms with van der Waals surface area (Å²) in [5, 5.41) is 1.59. The van der Waals surface area contributed by atoms with Gasteiger partial charge in [-0.15, -0.1) is 0 Å². The molecule has 0 radical (unpaired) electrons. The number of aromatic amines is 1. The first-order valence-corrected chi connectivity index (χ1v) is 3.00. The van der Waals surface area contributed by atoms with Crippen LogP contribution in [0, 0.1) is 0 Å². The van der Waals surface area contributed by atoms with E-state index in [0.717, 1.165) is 7.11 Å². The summed E-state index contributed by atoms with van der Waals surface area (Å²) in [7, 11) is 1.16. The van der Waals surface area contributed by atoms with Crippen molar-refractivity contribution in [2.75, 3.05) is 7.11 Å². The Labute approximate surface area is 65.9 Å². The Balaban J connectivity index is 3.15. The number of halogens is 1. The minimum atomic E-state index is -0.784. The number of aromatic nitrogens is 1. The van der Waals surface area contributed by atoms with E-state index in [4.69, 9.17) is 11.6 Å². The van der Waals surface area contributed by atoms with Crippen molar-refractivity contribution in [1.29, 1.82) is 0 Å². The van der Waals surface area contributed by atoms with E-state index < -0.39 is 11.5 Å². The molecule has 0 unspecified atom stereocenters. The standard InChI is InChI=1S/C5H4ClNO4/c1-10-5(9)3-2(6)4(8)7-11-3/h1H3,(H,7,8). The van der Waals surface area contributed by atoms with Crippen LogP contribution in [0.3, 0.4) is 0 Å². The van der Waals surface area contributed by atoms with Gasteiger partial charge in [0, 0.05) is 0 Å². The molecule has 1 heterocycles. The highest BCUT2D eigenvalue weighted by molar-refractivity contribution is 6.32. The summed E-state index contributed by atoms with van der Waals surface area (Å²) in [5.41, 5.74) is -0.646. The molecule has 0 aromatic carbocycles. The highest BCUT2D eigenvalue weighted by Gasteiger charge is 2.18.